The molecular weight excluding hydrogens is 215 g/mol. The molecular formula is C9H13FN4O2. The second-order valence-electron chi connectivity index (χ2n) is 3.82. The van der Waals surface area contributed by atoms with E-state index in [1.54, 1.807) is 4.68 Å². The molecule has 0 aliphatic carbocycles. The average molecular weight is 228 g/mol. The van der Waals surface area contributed by atoms with Crippen molar-refractivity contribution in [3.63, 3.8) is 0 Å². The minimum Gasteiger partial charge on any atom is -0.476 e. The third-order valence-electron chi connectivity index (χ3n) is 2.75. The van der Waals surface area contributed by atoms with E-state index in [0.717, 1.165) is 13.0 Å². The largest absolute Gasteiger partial charge is 0.476 e. The highest BCUT2D eigenvalue weighted by molar-refractivity contribution is 5.84. The Morgan fingerprint density at radius 2 is 2.50 bits per heavy atom. The summed E-state index contributed by atoms with van der Waals surface area (Å²) in [6, 6.07) is 0.104. The van der Waals surface area contributed by atoms with Crippen molar-refractivity contribution in [3.8, 4) is 0 Å². The summed E-state index contributed by atoms with van der Waals surface area (Å²) >= 11 is 0. The minimum absolute atomic E-state index is 0.0519. The van der Waals surface area contributed by atoms with Crippen molar-refractivity contribution in [2.24, 2.45) is 0 Å². The molecule has 0 unspecified atom stereocenters. The van der Waals surface area contributed by atoms with E-state index in [2.05, 4.69) is 10.3 Å². The van der Waals surface area contributed by atoms with Gasteiger partial charge in [0.15, 0.2) is 5.69 Å². The molecule has 0 radical (unpaired) electrons. The van der Waals surface area contributed by atoms with Crippen molar-refractivity contribution in [2.45, 2.75) is 12.5 Å². The van der Waals surface area contributed by atoms with Crippen LogP contribution in [0.15, 0.2) is 6.20 Å². The van der Waals surface area contributed by atoms with E-state index in [1.807, 2.05) is 4.90 Å². The maximum Gasteiger partial charge on any atom is 0.358 e. The Balaban J connectivity index is 2.00. The summed E-state index contributed by atoms with van der Waals surface area (Å²) in [5.74, 6) is -1.08. The predicted octanol–water partition coefficient (Wildman–Crippen LogP) is 0.193. The van der Waals surface area contributed by atoms with E-state index in [4.69, 9.17) is 5.11 Å². The Kier molecular flexibility index (Phi) is 3.14. The van der Waals surface area contributed by atoms with Crippen LogP contribution in [0.5, 0.6) is 0 Å². The van der Waals surface area contributed by atoms with Crippen LogP contribution in [0.1, 0.15) is 23.0 Å². The molecule has 0 saturated carbocycles. The molecule has 7 heteroatoms. The van der Waals surface area contributed by atoms with Gasteiger partial charge >= 0.3 is 5.97 Å². The first-order valence-corrected chi connectivity index (χ1v) is 5.14. The lowest BCUT2D eigenvalue weighted by Gasteiger charge is -2.13. The smallest absolute Gasteiger partial charge is 0.358 e. The SMILES string of the molecule is O=C(O)c1cn([C@H]2CCN(CCF)C2)nn1. The van der Waals surface area contributed by atoms with Crippen molar-refractivity contribution >= 4 is 5.97 Å². The topological polar surface area (TPSA) is 71.2 Å². The Morgan fingerprint density at radius 3 is 3.12 bits per heavy atom. The summed E-state index contributed by atoms with van der Waals surface area (Å²) in [7, 11) is 0. The summed E-state index contributed by atoms with van der Waals surface area (Å²) < 4.78 is 13.7. The Morgan fingerprint density at radius 1 is 1.69 bits per heavy atom. The molecule has 0 spiro atoms. The fourth-order valence-electron chi connectivity index (χ4n) is 1.90. The summed E-state index contributed by atoms with van der Waals surface area (Å²) in [6.45, 7) is 1.59. The molecule has 1 saturated heterocycles. The highest BCUT2D eigenvalue weighted by Gasteiger charge is 2.25. The van der Waals surface area contributed by atoms with Crippen LogP contribution in [0, 0.1) is 0 Å². The van der Waals surface area contributed by atoms with Crippen molar-refractivity contribution in [1.82, 2.24) is 19.9 Å². The Labute approximate surface area is 91.7 Å². The summed E-state index contributed by atoms with van der Waals surface area (Å²) in [5.41, 5.74) is -0.0519. The number of likely N-dealkylation sites (tertiary alicyclic amines) is 1. The lowest BCUT2D eigenvalue weighted by Crippen LogP contribution is -2.24. The first-order valence-electron chi connectivity index (χ1n) is 5.14. The monoisotopic (exact) mass is 228 g/mol. The molecule has 1 N–H and O–H groups in total. The fraction of sp³-hybridized carbons (Fsp3) is 0.667. The van der Waals surface area contributed by atoms with Gasteiger partial charge in [0.25, 0.3) is 0 Å². The van der Waals surface area contributed by atoms with Crippen LogP contribution in [-0.4, -0.2) is 57.3 Å². The van der Waals surface area contributed by atoms with Crippen LogP contribution >= 0.6 is 0 Å². The number of aromatic carboxylic acids is 1. The van der Waals surface area contributed by atoms with Crippen LogP contribution in [0.2, 0.25) is 0 Å². The lowest BCUT2D eigenvalue weighted by atomic mass is 10.3. The summed E-state index contributed by atoms with van der Waals surface area (Å²) in [4.78, 5) is 12.6. The molecule has 1 aliphatic rings. The minimum atomic E-state index is -1.08. The van der Waals surface area contributed by atoms with Crippen LogP contribution in [-0.2, 0) is 0 Å². The van der Waals surface area contributed by atoms with Gasteiger partial charge in [-0.25, -0.2) is 13.9 Å². The van der Waals surface area contributed by atoms with Gasteiger partial charge in [-0.1, -0.05) is 5.21 Å². The number of carbonyl (C=O) groups is 1. The second kappa shape index (κ2) is 4.56. The van der Waals surface area contributed by atoms with Gasteiger partial charge in [0, 0.05) is 19.6 Å². The van der Waals surface area contributed by atoms with E-state index in [1.165, 1.54) is 6.20 Å². The zero-order chi connectivity index (χ0) is 11.5. The number of alkyl halides is 1. The molecule has 1 aromatic rings. The Bertz CT molecular complexity index is 381. The van der Waals surface area contributed by atoms with Crippen LogP contribution in [0.3, 0.4) is 0 Å². The number of carboxylic acid groups (broad SMARTS) is 1. The van der Waals surface area contributed by atoms with Crippen LogP contribution < -0.4 is 0 Å². The van der Waals surface area contributed by atoms with Crippen molar-refractivity contribution in [2.75, 3.05) is 26.3 Å². The number of halogens is 1. The number of aromatic nitrogens is 3. The highest BCUT2D eigenvalue weighted by atomic mass is 19.1. The molecule has 1 aromatic heterocycles. The summed E-state index contributed by atoms with van der Waals surface area (Å²) in [6.07, 6.45) is 2.27. The van der Waals surface area contributed by atoms with E-state index < -0.39 is 5.97 Å². The standard InChI is InChI=1S/C9H13FN4O2/c10-2-4-13-3-1-7(5-13)14-6-8(9(15)16)11-12-14/h6-7H,1-5H2,(H,15,16)/t7-/m0/s1. The zero-order valence-electron chi connectivity index (χ0n) is 8.71. The van der Waals surface area contributed by atoms with Crippen molar-refractivity contribution in [1.29, 1.82) is 0 Å². The normalized spacial score (nSPS) is 21.4. The fourth-order valence-corrected chi connectivity index (χ4v) is 1.90. The molecule has 2 heterocycles. The zero-order valence-corrected chi connectivity index (χ0v) is 8.71. The lowest BCUT2D eigenvalue weighted by molar-refractivity contribution is 0.0690. The quantitative estimate of drug-likeness (QED) is 0.796. The van der Waals surface area contributed by atoms with Crippen molar-refractivity contribution < 1.29 is 14.3 Å². The predicted molar refractivity (Wildman–Crippen MR) is 53.1 cm³/mol. The maximum atomic E-state index is 12.1. The van der Waals surface area contributed by atoms with Gasteiger partial charge in [0.2, 0.25) is 0 Å². The first kappa shape index (κ1) is 11.0. The molecule has 1 atom stereocenters. The molecule has 1 fully saturated rings. The third-order valence-corrected chi connectivity index (χ3v) is 2.75. The number of nitrogens with zero attached hydrogens (tertiary/aromatic N) is 4. The molecule has 0 amide bonds. The van der Waals surface area contributed by atoms with Gasteiger partial charge in [0.1, 0.15) is 6.67 Å². The Hall–Kier alpha value is -1.50. The highest BCUT2D eigenvalue weighted by Crippen LogP contribution is 2.20. The van der Waals surface area contributed by atoms with Gasteiger partial charge in [-0.15, -0.1) is 5.10 Å². The van der Waals surface area contributed by atoms with Gasteiger partial charge < -0.3 is 5.11 Å². The average Bonchev–Trinajstić information content (AvgIpc) is 2.84. The van der Waals surface area contributed by atoms with Crippen molar-refractivity contribution in [3.05, 3.63) is 11.9 Å². The number of hydrogen-bond acceptors (Lipinski definition) is 4. The van der Waals surface area contributed by atoms with Gasteiger partial charge in [-0.05, 0) is 6.42 Å². The molecule has 2 rings (SSSR count). The molecule has 0 aromatic carbocycles. The molecule has 0 bridgehead atoms. The number of carboxylic acids is 1. The molecule has 16 heavy (non-hydrogen) atoms. The van der Waals surface area contributed by atoms with E-state index in [9.17, 15) is 9.18 Å². The van der Waals surface area contributed by atoms with Gasteiger partial charge in [0.05, 0.1) is 12.2 Å². The summed E-state index contributed by atoms with van der Waals surface area (Å²) in [5, 5.41) is 16.0. The van der Waals surface area contributed by atoms with Crippen LogP contribution in [0.25, 0.3) is 0 Å². The van der Waals surface area contributed by atoms with Gasteiger partial charge in [-0.3, -0.25) is 4.90 Å². The molecule has 6 nitrogen and oxygen atoms in total. The van der Waals surface area contributed by atoms with Gasteiger partial charge in [-0.2, -0.15) is 0 Å². The molecule has 1 aliphatic heterocycles. The van der Waals surface area contributed by atoms with E-state index in [0.29, 0.717) is 13.1 Å². The number of hydrogen-bond donors (Lipinski definition) is 1. The maximum absolute atomic E-state index is 12.1. The van der Waals surface area contributed by atoms with E-state index in [-0.39, 0.29) is 18.4 Å². The van der Waals surface area contributed by atoms with Crippen LogP contribution in [0.4, 0.5) is 4.39 Å². The molecule has 88 valence electrons. The number of rotatable bonds is 4. The first-order chi connectivity index (χ1) is 7.70. The second-order valence-corrected chi connectivity index (χ2v) is 3.82. The van der Waals surface area contributed by atoms with E-state index >= 15 is 0 Å². The third kappa shape index (κ3) is 2.19.